The van der Waals surface area contributed by atoms with Gasteiger partial charge < -0.3 is 10.1 Å². The molecule has 0 radical (unpaired) electrons. The van der Waals surface area contributed by atoms with Gasteiger partial charge in [0.05, 0.1) is 6.61 Å². The Hall–Kier alpha value is -3.06. The highest BCUT2D eigenvalue weighted by Gasteiger charge is 2.08. The second-order valence-corrected chi connectivity index (χ2v) is 5.16. The predicted octanol–water partition coefficient (Wildman–Crippen LogP) is 3.35. The summed E-state index contributed by atoms with van der Waals surface area (Å²) < 4.78 is 5.37. The summed E-state index contributed by atoms with van der Waals surface area (Å²) in [6.45, 7) is 3.01. The zero-order valence-electron chi connectivity index (χ0n) is 13.7. The summed E-state index contributed by atoms with van der Waals surface area (Å²) >= 11 is 0. The van der Waals surface area contributed by atoms with Crippen molar-refractivity contribution in [2.45, 2.75) is 13.3 Å². The maximum Gasteiger partial charge on any atom is 0.261 e. The molecule has 0 fully saturated rings. The lowest BCUT2D eigenvalue weighted by molar-refractivity contribution is -0.117. The van der Waals surface area contributed by atoms with Crippen molar-refractivity contribution in [1.82, 2.24) is 5.32 Å². The van der Waals surface area contributed by atoms with Crippen LogP contribution in [-0.2, 0) is 11.2 Å². The van der Waals surface area contributed by atoms with Gasteiger partial charge in [0.25, 0.3) is 5.91 Å². The number of nitriles is 1. The molecule has 0 unspecified atom stereocenters. The van der Waals surface area contributed by atoms with Gasteiger partial charge in [0, 0.05) is 6.54 Å². The molecule has 0 bridgehead atoms. The molecule has 0 aliphatic carbocycles. The van der Waals surface area contributed by atoms with Crippen LogP contribution in [0.3, 0.4) is 0 Å². The summed E-state index contributed by atoms with van der Waals surface area (Å²) in [5, 5.41) is 12.0. The molecule has 4 nitrogen and oxygen atoms in total. The largest absolute Gasteiger partial charge is 0.494 e. The van der Waals surface area contributed by atoms with Crippen molar-refractivity contribution in [3.05, 3.63) is 71.3 Å². The van der Waals surface area contributed by atoms with E-state index in [1.165, 1.54) is 0 Å². The Kier molecular flexibility index (Phi) is 6.60. The van der Waals surface area contributed by atoms with E-state index in [-0.39, 0.29) is 11.5 Å². The van der Waals surface area contributed by atoms with Crippen LogP contribution in [0.5, 0.6) is 5.75 Å². The Morgan fingerprint density at radius 3 is 2.50 bits per heavy atom. The molecule has 24 heavy (non-hydrogen) atoms. The van der Waals surface area contributed by atoms with Crippen molar-refractivity contribution in [3.63, 3.8) is 0 Å². The van der Waals surface area contributed by atoms with Crippen LogP contribution in [0.25, 0.3) is 6.08 Å². The average molecular weight is 320 g/mol. The van der Waals surface area contributed by atoms with Crippen LogP contribution in [0, 0.1) is 11.3 Å². The molecule has 1 N–H and O–H groups in total. The average Bonchev–Trinajstić information content (AvgIpc) is 2.62. The van der Waals surface area contributed by atoms with Gasteiger partial charge in [-0.3, -0.25) is 4.79 Å². The maximum absolute atomic E-state index is 12.1. The number of benzene rings is 2. The van der Waals surface area contributed by atoms with Crippen molar-refractivity contribution < 1.29 is 9.53 Å². The molecule has 2 aromatic rings. The topological polar surface area (TPSA) is 62.1 Å². The smallest absolute Gasteiger partial charge is 0.261 e. The number of hydrogen-bond donors (Lipinski definition) is 1. The first-order valence-corrected chi connectivity index (χ1v) is 7.89. The van der Waals surface area contributed by atoms with Gasteiger partial charge in [-0.15, -0.1) is 0 Å². The van der Waals surface area contributed by atoms with E-state index in [1.807, 2.05) is 67.6 Å². The van der Waals surface area contributed by atoms with Crippen LogP contribution >= 0.6 is 0 Å². The lowest BCUT2D eigenvalue weighted by Gasteiger charge is -2.05. The van der Waals surface area contributed by atoms with Crippen LogP contribution in [0.2, 0.25) is 0 Å². The SMILES string of the molecule is CCOc1ccc(/C=C(/C#N)C(=O)NCCc2ccccc2)cc1. The summed E-state index contributed by atoms with van der Waals surface area (Å²) in [6, 6.07) is 19.1. The molecular weight excluding hydrogens is 300 g/mol. The fourth-order valence-electron chi connectivity index (χ4n) is 2.20. The van der Waals surface area contributed by atoms with Crippen LogP contribution in [0.4, 0.5) is 0 Å². The number of ether oxygens (including phenoxy) is 1. The van der Waals surface area contributed by atoms with E-state index >= 15 is 0 Å². The molecular formula is C20H20N2O2. The number of amides is 1. The number of rotatable bonds is 7. The number of nitrogens with one attached hydrogen (secondary N) is 1. The van der Waals surface area contributed by atoms with Crippen molar-refractivity contribution in [1.29, 1.82) is 5.26 Å². The molecule has 2 aromatic carbocycles. The minimum atomic E-state index is -0.359. The van der Waals surface area contributed by atoms with E-state index in [1.54, 1.807) is 6.08 Å². The zero-order valence-corrected chi connectivity index (χ0v) is 13.7. The van der Waals surface area contributed by atoms with E-state index in [9.17, 15) is 10.1 Å². The zero-order chi connectivity index (χ0) is 17.2. The second-order valence-electron chi connectivity index (χ2n) is 5.16. The fraction of sp³-hybridized carbons (Fsp3) is 0.200. The first kappa shape index (κ1) is 17.3. The third-order valence-electron chi connectivity index (χ3n) is 3.41. The van der Waals surface area contributed by atoms with E-state index in [0.29, 0.717) is 13.2 Å². The number of nitrogens with zero attached hydrogens (tertiary/aromatic N) is 1. The van der Waals surface area contributed by atoms with E-state index < -0.39 is 0 Å². The van der Waals surface area contributed by atoms with E-state index in [2.05, 4.69) is 5.32 Å². The first-order chi connectivity index (χ1) is 11.7. The minimum absolute atomic E-state index is 0.0900. The molecule has 122 valence electrons. The van der Waals surface area contributed by atoms with Gasteiger partial charge in [0.1, 0.15) is 17.4 Å². The normalized spacial score (nSPS) is 10.8. The Morgan fingerprint density at radius 2 is 1.88 bits per heavy atom. The number of hydrogen-bond acceptors (Lipinski definition) is 3. The van der Waals surface area contributed by atoms with Crippen molar-refractivity contribution in [2.24, 2.45) is 0 Å². The van der Waals surface area contributed by atoms with Crippen LogP contribution in [0.1, 0.15) is 18.1 Å². The van der Waals surface area contributed by atoms with Gasteiger partial charge in [-0.2, -0.15) is 5.26 Å². The maximum atomic E-state index is 12.1. The molecule has 0 saturated carbocycles. The summed E-state index contributed by atoms with van der Waals surface area (Å²) in [4.78, 5) is 12.1. The van der Waals surface area contributed by atoms with Crippen LogP contribution in [0.15, 0.2) is 60.2 Å². The second kappa shape index (κ2) is 9.16. The summed E-state index contributed by atoms with van der Waals surface area (Å²) in [7, 11) is 0. The van der Waals surface area contributed by atoms with Crippen molar-refractivity contribution >= 4 is 12.0 Å². The highest BCUT2D eigenvalue weighted by molar-refractivity contribution is 6.01. The van der Waals surface area contributed by atoms with Gasteiger partial charge in [-0.05, 0) is 42.7 Å². The summed E-state index contributed by atoms with van der Waals surface area (Å²) in [6.07, 6.45) is 2.31. The lowest BCUT2D eigenvalue weighted by Crippen LogP contribution is -2.26. The molecule has 2 rings (SSSR count). The lowest BCUT2D eigenvalue weighted by atomic mass is 10.1. The van der Waals surface area contributed by atoms with Gasteiger partial charge in [0.2, 0.25) is 0 Å². The van der Waals surface area contributed by atoms with E-state index in [4.69, 9.17) is 4.74 Å². The molecule has 0 heterocycles. The third-order valence-corrected chi connectivity index (χ3v) is 3.41. The molecule has 4 heteroatoms. The standard InChI is InChI=1S/C20H20N2O2/c1-2-24-19-10-8-17(9-11-19)14-18(15-21)20(23)22-13-12-16-6-4-3-5-7-16/h3-11,14H,2,12-13H2,1H3,(H,22,23)/b18-14-. The third kappa shape index (κ3) is 5.29. The van der Waals surface area contributed by atoms with Gasteiger partial charge in [-0.25, -0.2) is 0 Å². The van der Waals surface area contributed by atoms with Crippen molar-refractivity contribution in [2.75, 3.05) is 13.2 Å². The molecule has 0 aromatic heterocycles. The fourth-order valence-corrected chi connectivity index (χ4v) is 2.20. The first-order valence-electron chi connectivity index (χ1n) is 7.89. The molecule has 0 atom stereocenters. The monoisotopic (exact) mass is 320 g/mol. The molecule has 1 amide bonds. The molecule has 0 aliphatic heterocycles. The van der Waals surface area contributed by atoms with Gasteiger partial charge in [-0.1, -0.05) is 42.5 Å². The van der Waals surface area contributed by atoms with Crippen LogP contribution < -0.4 is 10.1 Å². The van der Waals surface area contributed by atoms with E-state index in [0.717, 1.165) is 23.3 Å². The highest BCUT2D eigenvalue weighted by atomic mass is 16.5. The van der Waals surface area contributed by atoms with Gasteiger partial charge in [0.15, 0.2) is 0 Å². The Balaban J connectivity index is 1.94. The predicted molar refractivity (Wildman–Crippen MR) is 94.4 cm³/mol. The Bertz CT molecular complexity index is 728. The molecule has 0 aliphatic rings. The minimum Gasteiger partial charge on any atom is -0.494 e. The number of carbonyl (C=O) groups excluding carboxylic acids is 1. The Morgan fingerprint density at radius 1 is 1.17 bits per heavy atom. The van der Waals surface area contributed by atoms with Crippen LogP contribution in [-0.4, -0.2) is 19.1 Å². The van der Waals surface area contributed by atoms with Gasteiger partial charge >= 0.3 is 0 Å². The molecule has 0 spiro atoms. The quantitative estimate of drug-likeness (QED) is 0.628. The summed E-state index contributed by atoms with van der Waals surface area (Å²) in [5.74, 6) is 0.405. The highest BCUT2D eigenvalue weighted by Crippen LogP contribution is 2.14. The number of carbonyl (C=O) groups is 1. The summed E-state index contributed by atoms with van der Waals surface area (Å²) in [5.41, 5.74) is 2.02. The molecule has 0 saturated heterocycles. The Labute approximate surface area is 142 Å². The van der Waals surface area contributed by atoms with Crippen molar-refractivity contribution in [3.8, 4) is 11.8 Å².